The first-order valence-electron chi connectivity index (χ1n) is 9.33. The second kappa shape index (κ2) is 10.9. The molecule has 1 heterocycles. The minimum Gasteiger partial charge on any atom is -0.493 e. The van der Waals surface area contributed by atoms with Gasteiger partial charge in [-0.05, 0) is 70.5 Å². The van der Waals surface area contributed by atoms with Crippen molar-refractivity contribution in [2.75, 3.05) is 12.4 Å². The molecule has 0 unspecified atom stereocenters. The van der Waals surface area contributed by atoms with Crippen LogP contribution in [0, 0.1) is 14.9 Å². The first-order valence-corrected chi connectivity index (χ1v) is 11.2. The summed E-state index contributed by atoms with van der Waals surface area (Å²) < 4.78 is 12.5. The fourth-order valence-corrected chi connectivity index (χ4v) is 3.60. The summed E-state index contributed by atoms with van der Waals surface area (Å²) in [6, 6.07) is 15.2. The average Bonchev–Trinajstić information content (AvgIpc) is 3.24. The smallest absolute Gasteiger partial charge is 0.268 e. The fraction of sp³-hybridized carbons (Fsp3) is 0.182. The maximum absolute atomic E-state index is 12.4. The van der Waals surface area contributed by atoms with Gasteiger partial charge >= 0.3 is 0 Å². The van der Waals surface area contributed by atoms with Crippen molar-refractivity contribution < 1.29 is 14.3 Å². The Morgan fingerprint density at radius 1 is 1.23 bits per heavy atom. The van der Waals surface area contributed by atoms with Crippen LogP contribution in [0.1, 0.15) is 23.1 Å². The Hall–Kier alpha value is -2.97. The highest BCUT2D eigenvalue weighted by Crippen LogP contribution is 2.30. The molecule has 3 rings (SSSR count). The Morgan fingerprint density at radius 2 is 2.00 bits per heavy atom. The number of aryl methyl sites for hydroxylation is 1. The van der Waals surface area contributed by atoms with Crippen molar-refractivity contribution in [3.05, 3.63) is 67.7 Å². The Labute approximate surface area is 197 Å². The SMILES string of the molecule is CCc1nnc(NC(=O)/C(C#N)=C/c2ccc(OCc3ccc(I)cc3)c(OC)c2)s1. The predicted molar refractivity (Wildman–Crippen MR) is 128 cm³/mol. The molecular formula is C22H19IN4O3S. The summed E-state index contributed by atoms with van der Waals surface area (Å²) in [4.78, 5) is 12.4. The van der Waals surface area contributed by atoms with Crippen LogP contribution in [0.3, 0.4) is 0 Å². The van der Waals surface area contributed by atoms with Crippen molar-refractivity contribution >= 4 is 51.0 Å². The number of benzene rings is 2. The molecule has 3 aromatic rings. The Balaban J connectivity index is 1.73. The van der Waals surface area contributed by atoms with E-state index in [9.17, 15) is 10.1 Å². The van der Waals surface area contributed by atoms with Crippen LogP contribution in [0.4, 0.5) is 5.13 Å². The molecule has 0 aliphatic heterocycles. The zero-order valence-electron chi connectivity index (χ0n) is 16.9. The second-order valence-electron chi connectivity index (χ2n) is 6.30. The van der Waals surface area contributed by atoms with Gasteiger partial charge in [0.2, 0.25) is 5.13 Å². The third-order valence-corrected chi connectivity index (χ3v) is 5.86. The van der Waals surface area contributed by atoms with Gasteiger partial charge in [-0.15, -0.1) is 10.2 Å². The molecule has 7 nitrogen and oxygen atoms in total. The highest BCUT2D eigenvalue weighted by atomic mass is 127. The lowest BCUT2D eigenvalue weighted by Crippen LogP contribution is -2.13. The van der Waals surface area contributed by atoms with Gasteiger partial charge in [0.05, 0.1) is 7.11 Å². The molecule has 0 aliphatic rings. The Bertz CT molecular complexity index is 1140. The zero-order chi connectivity index (χ0) is 22.2. The van der Waals surface area contributed by atoms with Gasteiger partial charge in [-0.25, -0.2) is 0 Å². The van der Waals surface area contributed by atoms with Crippen LogP contribution in [0.25, 0.3) is 6.08 Å². The summed E-state index contributed by atoms with van der Waals surface area (Å²) in [5.41, 5.74) is 1.62. The number of halogens is 1. The molecule has 0 radical (unpaired) electrons. The topological polar surface area (TPSA) is 97.1 Å². The van der Waals surface area contributed by atoms with Gasteiger partial charge < -0.3 is 9.47 Å². The number of ether oxygens (including phenoxy) is 2. The molecule has 1 amide bonds. The first-order chi connectivity index (χ1) is 15.0. The van der Waals surface area contributed by atoms with Crippen molar-refractivity contribution in [2.24, 2.45) is 0 Å². The number of hydrogen-bond acceptors (Lipinski definition) is 7. The average molecular weight is 546 g/mol. The van der Waals surface area contributed by atoms with Crippen molar-refractivity contribution in [2.45, 2.75) is 20.0 Å². The molecule has 0 saturated carbocycles. The van der Waals surface area contributed by atoms with Crippen molar-refractivity contribution in [3.63, 3.8) is 0 Å². The molecule has 0 aliphatic carbocycles. The van der Waals surface area contributed by atoms with Crippen LogP contribution in [0.2, 0.25) is 0 Å². The van der Waals surface area contributed by atoms with Crippen LogP contribution >= 0.6 is 33.9 Å². The second-order valence-corrected chi connectivity index (χ2v) is 8.61. The predicted octanol–water partition coefficient (Wildman–Crippen LogP) is 4.84. The van der Waals surface area contributed by atoms with Gasteiger partial charge in [0, 0.05) is 3.57 Å². The molecule has 0 spiro atoms. The number of nitrogens with one attached hydrogen (secondary N) is 1. The third-order valence-electron chi connectivity index (χ3n) is 4.16. The number of carbonyl (C=O) groups is 1. The van der Waals surface area contributed by atoms with E-state index in [1.807, 2.05) is 37.3 Å². The number of rotatable bonds is 8. The maximum atomic E-state index is 12.4. The summed E-state index contributed by atoms with van der Waals surface area (Å²) in [6.45, 7) is 2.35. The minimum absolute atomic E-state index is 0.0529. The number of methoxy groups -OCH3 is 1. The number of nitriles is 1. The summed E-state index contributed by atoms with van der Waals surface area (Å²) >= 11 is 3.53. The number of aromatic nitrogens is 2. The Morgan fingerprint density at radius 3 is 2.65 bits per heavy atom. The molecule has 0 bridgehead atoms. The van der Waals surface area contributed by atoms with Crippen LogP contribution in [-0.2, 0) is 17.8 Å². The first kappa shape index (κ1) is 22.7. The van der Waals surface area contributed by atoms with E-state index in [0.717, 1.165) is 20.6 Å². The highest BCUT2D eigenvalue weighted by molar-refractivity contribution is 14.1. The van der Waals surface area contributed by atoms with E-state index in [1.165, 1.54) is 17.4 Å². The van der Waals surface area contributed by atoms with Gasteiger partial charge in [0.1, 0.15) is 23.3 Å². The highest BCUT2D eigenvalue weighted by Gasteiger charge is 2.13. The molecule has 158 valence electrons. The molecule has 0 saturated heterocycles. The normalized spacial score (nSPS) is 11.0. The largest absolute Gasteiger partial charge is 0.493 e. The molecule has 0 fully saturated rings. The van der Waals surface area contributed by atoms with Crippen LogP contribution in [-0.4, -0.2) is 23.2 Å². The summed E-state index contributed by atoms with van der Waals surface area (Å²) in [7, 11) is 1.54. The molecule has 0 atom stereocenters. The number of anilines is 1. The number of hydrogen-bond donors (Lipinski definition) is 1. The van der Waals surface area contributed by atoms with Crippen molar-refractivity contribution in [1.82, 2.24) is 10.2 Å². The molecule has 1 N–H and O–H groups in total. The molecular weight excluding hydrogens is 527 g/mol. The van der Waals surface area contributed by atoms with E-state index < -0.39 is 5.91 Å². The number of amides is 1. The minimum atomic E-state index is -0.542. The van der Waals surface area contributed by atoms with Gasteiger partial charge in [-0.3, -0.25) is 10.1 Å². The van der Waals surface area contributed by atoms with E-state index in [1.54, 1.807) is 25.3 Å². The standard InChI is InChI=1S/C22H19IN4O3S/c1-3-20-26-27-22(31-20)25-21(28)16(12-24)10-15-6-9-18(19(11-15)29-2)30-13-14-4-7-17(23)8-5-14/h4-11H,3,13H2,1-2H3,(H,25,27,28)/b16-10+. The van der Waals surface area contributed by atoms with E-state index >= 15 is 0 Å². The molecule has 9 heteroatoms. The van der Waals surface area contributed by atoms with E-state index in [2.05, 4.69) is 38.1 Å². The van der Waals surface area contributed by atoms with Gasteiger partial charge in [0.25, 0.3) is 5.91 Å². The zero-order valence-corrected chi connectivity index (χ0v) is 19.9. The molecule has 31 heavy (non-hydrogen) atoms. The van der Waals surface area contributed by atoms with Crippen molar-refractivity contribution in [1.29, 1.82) is 5.26 Å². The van der Waals surface area contributed by atoms with Crippen LogP contribution in [0.15, 0.2) is 48.0 Å². The molecule has 1 aromatic heterocycles. The fourth-order valence-electron chi connectivity index (χ4n) is 2.56. The monoisotopic (exact) mass is 546 g/mol. The van der Waals surface area contributed by atoms with Gasteiger partial charge in [0.15, 0.2) is 11.5 Å². The third kappa shape index (κ3) is 6.26. The van der Waals surface area contributed by atoms with Crippen LogP contribution < -0.4 is 14.8 Å². The Kier molecular flexibility index (Phi) is 7.97. The lowest BCUT2D eigenvalue weighted by atomic mass is 10.1. The van der Waals surface area contributed by atoms with Gasteiger partial charge in [-0.1, -0.05) is 36.5 Å². The van der Waals surface area contributed by atoms with E-state index in [-0.39, 0.29) is 5.57 Å². The van der Waals surface area contributed by atoms with E-state index in [4.69, 9.17) is 9.47 Å². The quantitative estimate of drug-likeness (QED) is 0.247. The number of carbonyl (C=O) groups excluding carboxylic acids is 1. The van der Waals surface area contributed by atoms with Crippen LogP contribution in [0.5, 0.6) is 11.5 Å². The lowest BCUT2D eigenvalue weighted by molar-refractivity contribution is -0.112. The number of nitrogens with zero attached hydrogens (tertiary/aromatic N) is 3. The van der Waals surface area contributed by atoms with E-state index in [0.29, 0.717) is 28.8 Å². The molecule has 2 aromatic carbocycles. The lowest BCUT2D eigenvalue weighted by Gasteiger charge is -2.11. The summed E-state index contributed by atoms with van der Waals surface area (Å²) in [5, 5.41) is 21.1. The summed E-state index contributed by atoms with van der Waals surface area (Å²) in [5.74, 6) is 0.537. The summed E-state index contributed by atoms with van der Waals surface area (Å²) in [6.07, 6.45) is 2.22. The van der Waals surface area contributed by atoms with Crippen molar-refractivity contribution in [3.8, 4) is 17.6 Å². The maximum Gasteiger partial charge on any atom is 0.268 e. The van der Waals surface area contributed by atoms with Gasteiger partial charge in [-0.2, -0.15) is 5.26 Å².